The third kappa shape index (κ3) is 9.40. The molecule has 0 aliphatic carbocycles. The fraction of sp³-hybridized carbons (Fsp3) is 0.857. The van der Waals surface area contributed by atoms with Gasteiger partial charge in [0.25, 0.3) is 0 Å². The highest BCUT2D eigenvalue weighted by molar-refractivity contribution is 5.78. The molecule has 0 saturated carbocycles. The lowest BCUT2D eigenvalue weighted by molar-refractivity contribution is -0.137. The molecule has 1 unspecified atom stereocenters. The highest BCUT2D eigenvalue weighted by atomic mass is 16.5. The molecular formula is C21H39N5O4. The summed E-state index contributed by atoms with van der Waals surface area (Å²) in [7, 11) is 0. The summed E-state index contributed by atoms with van der Waals surface area (Å²) >= 11 is 0. The summed E-state index contributed by atoms with van der Waals surface area (Å²) in [5, 5.41) is 14.2. The van der Waals surface area contributed by atoms with Crippen LogP contribution in [0.2, 0.25) is 0 Å². The first-order valence-electron chi connectivity index (χ1n) is 11.4. The summed E-state index contributed by atoms with van der Waals surface area (Å²) in [5.74, 6) is -0.928. The molecule has 172 valence electrons. The summed E-state index contributed by atoms with van der Waals surface area (Å²) in [5.41, 5.74) is 0. The largest absolute Gasteiger partial charge is 0.481 e. The van der Waals surface area contributed by atoms with Crippen molar-refractivity contribution in [3.05, 3.63) is 0 Å². The number of carbonyl (C=O) groups is 3. The maximum Gasteiger partial charge on any atom is 0.303 e. The molecule has 2 rings (SSSR count). The molecule has 0 radical (unpaired) electrons. The lowest BCUT2D eigenvalue weighted by Gasteiger charge is -2.37. The second kappa shape index (κ2) is 13.6. The van der Waals surface area contributed by atoms with Gasteiger partial charge < -0.3 is 20.6 Å². The zero-order chi connectivity index (χ0) is 21.8. The molecule has 0 bridgehead atoms. The average Bonchev–Trinajstić information content (AvgIpc) is 3.15. The second-order valence-corrected chi connectivity index (χ2v) is 8.30. The molecule has 0 spiro atoms. The van der Waals surface area contributed by atoms with Crippen molar-refractivity contribution in [1.82, 2.24) is 25.3 Å². The van der Waals surface area contributed by atoms with E-state index >= 15 is 0 Å². The molecule has 2 aliphatic rings. The lowest BCUT2D eigenvalue weighted by atomic mass is 10.2. The van der Waals surface area contributed by atoms with Gasteiger partial charge in [0, 0.05) is 64.7 Å². The summed E-state index contributed by atoms with van der Waals surface area (Å²) in [4.78, 5) is 41.7. The van der Waals surface area contributed by atoms with Crippen LogP contribution in [0.25, 0.3) is 0 Å². The van der Waals surface area contributed by atoms with E-state index in [4.69, 9.17) is 5.11 Å². The highest BCUT2D eigenvalue weighted by Crippen LogP contribution is 2.18. The molecule has 2 heterocycles. The molecule has 2 fully saturated rings. The van der Waals surface area contributed by atoms with Crippen molar-refractivity contribution < 1.29 is 19.5 Å². The Hall–Kier alpha value is -1.71. The topological polar surface area (TPSA) is 105 Å². The highest BCUT2D eigenvalue weighted by Gasteiger charge is 2.28. The van der Waals surface area contributed by atoms with Crippen LogP contribution in [0.3, 0.4) is 0 Å². The zero-order valence-electron chi connectivity index (χ0n) is 18.4. The van der Waals surface area contributed by atoms with Gasteiger partial charge in [-0.05, 0) is 38.8 Å². The maximum atomic E-state index is 12.3. The Morgan fingerprint density at radius 2 is 1.53 bits per heavy atom. The molecule has 2 saturated heterocycles. The van der Waals surface area contributed by atoms with Gasteiger partial charge in [0.1, 0.15) is 0 Å². The third-order valence-electron chi connectivity index (χ3n) is 6.02. The SMILES string of the molecule is CCN1CC[15N](CC2CCC[15N]2C[13C](=O)N[13CH2][13CH2][13CH2][13C](=O)NCC[13CH2][13C](=O)O)[13CH2][13CH2]1. The van der Waals surface area contributed by atoms with Crippen LogP contribution in [0.15, 0.2) is 0 Å². The first-order valence-corrected chi connectivity index (χ1v) is 11.4. The quantitative estimate of drug-likeness (QED) is 0.211. The minimum absolute atomic E-state index is 0.0274. The zero-order valence-corrected chi connectivity index (χ0v) is 18.4. The molecule has 2 amide bonds. The smallest absolute Gasteiger partial charge is 0.303 e. The predicted molar refractivity (Wildman–Crippen MR) is 115 cm³/mol. The number of nitrogens with zero attached hydrogens (tertiary/aromatic N) is 3. The number of amides is 2. The number of carboxylic acid groups (broad SMARTS) is 1. The van der Waals surface area contributed by atoms with Crippen molar-refractivity contribution in [2.45, 2.75) is 51.5 Å². The Kier molecular flexibility index (Phi) is 11.1. The number of nitrogens with one attached hydrogen (secondary N) is 2. The molecule has 3 N–H and O–H groups in total. The van der Waals surface area contributed by atoms with Crippen molar-refractivity contribution in [2.24, 2.45) is 0 Å². The number of rotatable bonds is 13. The van der Waals surface area contributed by atoms with Gasteiger partial charge in [0.15, 0.2) is 0 Å². The van der Waals surface area contributed by atoms with Crippen LogP contribution < -0.4 is 10.6 Å². The van der Waals surface area contributed by atoms with E-state index in [-0.39, 0.29) is 18.2 Å². The maximum absolute atomic E-state index is 12.3. The minimum atomic E-state index is -0.855. The number of hydrogen-bond acceptors (Lipinski definition) is 6. The van der Waals surface area contributed by atoms with Crippen LogP contribution in [0.4, 0.5) is 0 Å². The van der Waals surface area contributed by atoms with E-state index in [2.05, 4.69) is 32.3 Å². The van der Waals surface area contributed by atoms with Crippen LogP contribution >= 0.6 is 0 Å². The molecule has 0 aromatic carbocycles. The van der Waals surface area contributed by atoms with Gasteiger partial charge in [0.05, 0.1) is 6.54 Å². The monoisotopic (exact) mass is 436 g/mol. The lowest BCUT2D eigenvalue weighted by Crippen LogP contribution is -2.51. The number of carbonyl (C=O) groups excluding carboxylic acids is 2. The Morgan fingerprint density at radius 1 is 0.900 bits per heavy atom. The van der Waals surface area contributed by atoms with E-state index in [1.807, 2.05) is 0 Å². The van der Waals surface area contributed by atoms with Crippen LogP contribution in [0, 0.1) is 0 Å². The summed E-state index contributed by atoms with van der Waals surface area (Å²) in [6, 6.07) is 0.459. The van der Waals surface area contributed by atoms with Crippen LogP contribution in [-0.4, -0.2) is 109 Å². The molecule has 30 heavy (non-hydrogen) atoms. The van der Waals surface area contributed by atoms with Gasteiger partial charge in [-0.15, -0.1) is 0 Å². The molecule has 2 aliphatic heterocycles. The van der Waals surface area contributed by atoms with Crippen LogP contribution in [0.1, 0.15) is 45.4 Å². The van der Waals surface area contributed by atoms with Crippen molar-refractivity contribution >= 4 is 17.8 Å². The van der Waals surface area contributed by atoms with E-state index in [1.165, 1.54) is 0 Å². The number of likely N-dealkylation sites (tertiary alicyclic amines) is 1. The molecule has 9 heteroatoms. The average molecular weight is 436 g/mol. The van der Waals surface area contributed by atoms with E-state index in [0.717, 1.165) is 58.7 Å². The molecule has 0 aromatic heterocycles. The number of piperazine rings is 1. The van der Waals surface area contributed by atoms with Crippen molar-refractivity contribution in [3.63, 3.8) is 0 Å². The van der Waals surface area contributed by atoms with E-state index in [0.29, 0.717) is 44.9 Å². The number of likely N-dealkylation sites (N-methyl/N-ethyl adjacent to an activating group) is 1. The Labute approximate surface area is 180 Å². The number of aliphatic carboxylic acids is 1. The van der Waals surface area contributed by atoms with Gasteiger partial charge >= 0.3 is 5.97 Å². The summed E-state index contributed by atoms with van der Waals surface area (Å²) in [6.07, 6.45) is 3.72. The molecule has 1 atom stereocenters. The van der Waals surface area contributed by atoms with Gasteiger partial charge in [-0.25, -0.2) is 0 Å². The minimum Gasteiger partial charge on any atom is -0.481 e. The predicted octanol–water partition coefficient (Wildman–Crippen LogP) is -0.0343. The Bertz CT molecular complexity index is 552. The van der Waals surface area contributed by atoms with Gasteiger partial charge in [-0.2, -0.15) is 0 Å². The fourth-order valence-corrected chi connectivity index (χ4v) is 4.17. The van der Waals surface area contributed by atoms with E-state index in [1.54, 1.807) is 0 Å². The number of carboxylic acids is 1. The van der Waals surface area contributed by atoms with Gasteiger partial charge in [-0.3, -0.25) is 24.2 Å². The van der Waals surface area contributed by atoms with Gasteiger partial charge in [-0.1, -0.05) is 6.92 Å². The standard InChI is InChI=1S/C21H39N5O4/c1-2-24-12-14-25(15-13-24)16-18-6-5-11-26(18)17-20(28)23-9-3-7-19(27)22-10-4-8-21(29)30/h18H,2-17H2,1H3,(H,22,27)(H,23,28)(H,29,30)/i3+1,7+1,8+1,9+1,12+1,14+1,19+1,20+1,21+1,25+1,26+1. The van der Waals surface area contributed by atoms with E-state index < -0.39 is 5.97 Å². The van der Waals surface area contributed by atoms with Crippen LogP contribution in [0.5, 0.6) is 0 Å². The van der Waals surface area contributed by atoms with E-state index in [9.17, 15) is 14.4 Å². The van der Waals surface area contributed by atoms with Crippen molar-refractivity contribution in [3.8, 4) is 0 Å². The second-order valence-electron chi connectivity index (χ2n) is 8.30. The van der Waals surface area contributed by atoms with Gasteiger partial charge in [0.2, 0.25) is 11.8 Å². The molecule has 0 aromatic rings. The normalized spacial score (nSPS) is 20.9. The molecular weight excluding hydrogens is 397 g/mol. The summed E-state index contributed by atoms with van der Waals surface area (Å²) < 4.78 is 0. The first kappa shape index (κ1) is 24.6. The third-order valence-corrected chi connectivity index (χ3v) is 6.02. The van der Waals surface area contributed by atoms with Crippen molar-refractivity contribution in [1.29, 1.82) is 0 Å². The van der Waals surface area contributed by atoms with Crippen molar-refractivity contribution in [2.75, 3.05) is 65.4 Å². The molecule has 9 nitrogen and oxygen atoms in total. The first-order chi connectivity index (χ1) is 14.5. The summed E-state index contributed by atoms with van der Waals surface area (Å²) in [6.45, 7) is 11.1. The fourth-order valence-electron chi connectivity index (χ4n) is 4.17. The Morgan fingerprint density at radius 3 is 2.20 bits per heavy atom. The Balaban J connectivity index is 1.55. The number of hydrogen-bond donors (Lipinski definition) is 3. The van der Waals surface area contributed by atoms with Crippen LogP contribution in [-0.2, 0) is 14.4 Å².